The van der Waals surface area contributed by atoms with E-state index in [0.717, 1.165) is 10.5 Å². The fraction of sp³-hybridized carbons (Fsp3) is 0.278. The van der Waals surface area contributed by atoms with E-state index in [9.17, 15) is 19.7 Å². The highest BCUT2D eigenvalue weighted by Gasteiger charge is 2.33. The summed E-state index contributed by atoms with van der Waals surface area (Å²) in [5, 5.41) is 13.6. The van der Waals surface area contributed by atoms with Crippen LogP contribution in [0.1, 0.15) is 25.3 Å². The van der Waals surface area contributed by atoms with Crippen LogP contribution in [0.15, 0.2) is 36.4 Å². The van der Waals surface area contributed by atoms with Crippen LogP contribution in [0, 0.1) is 10.1 Å². The summed E-state index contributed by atoms with van der Waals surface area (Å²) < 4.78 is 5.23. The molecule has 0 atom stereocenters. The van der Waals surface area contributed by atoms with Crippen LogP contribution in [-0.4, -0.2) is 34.9 Å². The molecule has 2 aromatic rings. The minimum atomic E-state index is -0.673. The first-order valence-electron chi connectivity index (χ1n) is 8.33. The lowest BCUT2D eigenvalue weighted by Gasteiger charge is -2.24. The van der Waals surface area contributed by atoms with Gasteiger partial charge in [-0.15, -0.1) is 0 Å². The number of carbonyl (C=O) groups excluding carboxylic acids is 2. The first-order valence-corrected chi connectivity index (χ1v) is 8.33. The smallest absolute Gasteiger partial charge is 0.366 e. The zero-order valence-electron chi connectivity index (χ0n) is 14.8. The lowest BCUT2D eigenvalue weighted by atomic mass is 10.0. The molecule has 0 spiro atoms. The normalized spacial score (nSPS) is 13.1. The zero-order valence-corrected chi connectivity index (χ0v) is 14.8. The Morgan fingerprint density at radius 1 is 1.30 bits per heavy atom. The van der Waals surface area contributed by atoms with Crippen molar-refractivity contribution in [3.8, 4) is 5.75 Å². The third kappa shape index (κ3) is 4.02. The van der Waals surface area contributed by atoms with E-state index in [1.807, 2.05) is 12.1 Å². The van der Waals surface area contributed by atoms with Crippen molar-refractivity contribution < 1.29 is 19.2 Å². The van der Waals surface area contributed by atoms with E-state index in [4.69, 9.17) is 4.74 Å². The average molecular weight is 370 g/mol. The Morgan fingerprint density at radius 3 is 2.63 bits per heavy atom. The van der Waals surface area contributed by atoms with E-state index in [-0.39, 0.29) is 24.7 Å². The molecule has 27 heavy (non-hydrogen) atoms. The molecule has 9 heteroatoms. The Bertz CT molecular complexity index is 895. The Balaban J connectivity index is 1.76. The van der Waals surface area contributed by atoms with E-state index in [1.165, 1.54) is 12.1 Å². The summed E-state index contributed by atoms with van der Waals surface area (Å²) in [6.45, 7) is 3.56. The highest BCUT2D eigenvalue weighted by Crippen LogP contribution is 2.31. The number of amides is 2. The second kappa shape index (κ2) is 7.40. The second-order valence-corrected chi connectivity index (χ2v) is 6.34. The van der Waals surface area contributed by atoms with Crippen LogP contribution in [0.3, 0.4) is 0 Å². The van der Waals surface area contributed by atoms with Gasteiger partial charge in [0.15, 0.2) is 12.4 Å². The summed E-state index contributed by atoms with van der Waals surface area (Å²) in [6, 6.07) is 9.95. The van der Waals surface area contributed by atoms with Crippen LogP contribution in [0.2, 0.25) is 0 Å². The van der Waals surface area contributed by atoms with Crippen LogP contribution >= 0.6 is 0 Å². The number of anilines is 2. The van der Waals surface area contributed by atoms with Gasteiger partial charge in [0.2, 0.25) is 5.91 Å². The summed E-state index contributed by atoms with van der Waals surface area (Å²) in [6.07, 6.45) is 0. The average Bonchev–Trinajstić information content (AvgIpc) is 2.64. The molecule has 1 aromatic heterocycles. The number of fused-ring (bicyclic) bond motifs is 1. The van der Waals surface area contributed by atoms with Crippen molar-refractivity contribution in [2.45, 2.75) is 19.8 Å². The van der Waals surface area contributed by atoms with Gasteiger partial charge in [-0.1, -0.05) is 26.0 Å². The van der Waals surface area contributed by atoms with E-state index in [2.05, 4.69) is 24.1 Å². The van der Waals surface area contributed by atoms with E-state index < -0.39 is 22.6 Å². The number of rotatable bonds is 5. The summed E-state index contributed by atoms with van der Waals surface area (Å²) in [5.74, 6) is -0.816. The standard InChI is InChI=1S/C18H18N4O5/c1-11(2)12-3-5-13(6-4-12)19-16(23)9-21-17(24)10-27-14-7-8-15(22(25)26)20-18(14)21/h3-8,11H,9-10H2,1-2H3,(H,19,23). The van der Waals surface area contributed by atoms with Gasteiger partial charge in [0, 0.05) is 11.8 Å². The van der Waals surface area contributed by atoms with Gasteiger partial charge in [-0.05, 0) is 39.6 Å². The number of nitrogens with one attached hydrogen (secondary N) is 1. The fourth-order valence-electron chi connectivity index (χ4n) is 2.63. The number of nitro groups is 1. The fourth-order valence-corrected chi connectivity index (χ4v) is 2.63. The molecule has 3 rings (SSSR count). The molecular weight excluding hydrogens is 352 g/mol. The topological polar surface area (TPSA) is 115 Å². The maximum Gasteiger partial charge on any atom is 0.366 e. The van der Waals surface area contributed by atoms with Gasteiger partial charge in [-0.25, -0.2) is 0 Å². The molecule has 0 aliphatic carbocycles. The summed E-state index contributed by atoms with van der Waals surface area (Å²) in [7, 11) is 0. The van der Waals surface area contributed by atoms with Crippen LogP contribution in [-0.2, 0) is 9.59 Å². The van der Waals surface area contributed by atoms with E-state index >= 15 is 0 Å². The molecule has 2 amide bonds. The number of nitrogens with zero attached hydrogens (tertiary/aromatic N) is 3. The van der Waals surface area contributed by atoms with Crippen molar-refractivity contribution in [2.24, 2.45) is 0 Å². The molecule has 1 aromatic carbocycles. The van der Waals surface area contributed by atoms with Gasteiger partial charge in [-0.3, -0.25) is 14.5 Å². The van der Waals surface area contributed by atoms with Crippen molar-refractivity contribution in [1.29, 1.82) is 0 Å². The molecule has 1 aliphatic heterocycles. The Kier molecular flexibility index (Phi) is 5.02. The molecule has 0 radical (unpaired) electrons. The van der Waals surface area contributed by atoms with Crippen LogP contribution in [0.25, 0.3) is 0 Å². The molecule has 140 valence electrons. The Hall–Kier alpha value is -3.49. The number of pyridine rings is 1. The molecule has 9 nitrogen and oxygen atoms in total. The number of benzene rings is 1. The largest absolute Gasteiger partial charge is 0.477 e. The SMILES string of the molecule is CC(C)c1ccc(NC(=O)CN2C(=O)COc3ccc([N+](=O)[O-])nc32)cc1. The van der Waals surface area contributed by atoms with Crippen molar-refractivity contribution in [3.63, 3.8) is 0 Å². The number of ether oxygens (including phenoxy) is 1. The predicted molar refractivity (Wildman–Crippen MR) is 97.9 cm³/mol. The van der Waals surface area contributed by atoms with Gasteiger partial charge in [0.1, 0.15) is 6.54 Å². The molecule has 1 N–H and O–H groups in total. The number of hydrogen-bond donors (Lipinski definition) is 1. The van der Waals surface area contributed by atoms with Crippen molar-refractivity contribution in [3.05, 3.63) is 52.1 Å². The maximum atomic E-state index is 12.4. The first-order chi connectivity index (χ1) is 12.8. The molecule has 0 fully saturated rings. The van der Waals surface area contributed by atoms with Gasteiger partial charge in [0.25, 0.3) is 11.7 Å². The Morgan fingerprint density at radius 2 is 2.00 bits per heavy atom. The quantitative estimate of drug-likeness (QED) is 0.639. The predicted octanol–water partition coefficient (Wildman–Crippen LogP) is 2.48. The molecular formula is C18H18N4O5. The molecule has 0 saturated heterocycles. The number of hydrogen-bond acceptors (Lipinski definition) is 6. The minimum Gasteiger partial charge on any atom is -0.477 e. The third-order valence-corrected chi connectivity index (χ3v) is 4.08. The van der Waals surface area contributed by atoms with Crippen LogP contribution in [0.5, 0.6) is 5.75 Å². The van der Waals surface area contributed by atoms with Gasteiger partial charge in [-0.2, -0.15) is 0 Å². The molecule has 2 heterocycles. The Labute approximate surface area is 155 Å². The van der Waals surface area contributed by atoms with Crippen molar-refractivity contribution in [1.82, 2.24) is 4.98 Å². The second-order valence-electron chi connectivity index (χ2n) is 6.34. The van der Waals surface area contributed by atoms with Crippen molar-refractivity contribution in [2.75, 3.05) is 23.4 Å². The summed E-state index contributed by atoms with van der Waals surface area (Å²) in [4.78, 5) is 39.7. The van der Waals surface area contributed by atoms with E-state index in [0.29, 0.717) is 11.6 Å². The highest BCUT2D eigenvalue weighted by molar-refractivity contribution is 6.04. The molecule has 0 unspecified atom stereocenters. The zero-order chi connectivity index (χ0) is 19.6. The van der Waals surface area contributed by atoms with Gasteiger partial charge in [0.05, 0.1) is 0 Å². The highest BCUT2D eigenvalue weighted by atomic mass is 16.6. The lowest BCUT2D eigenvalue weighted by molar-refractivity contribution is -0.389. The monoisotopic (exact) mass is 370 g/mol. The molecule has 0 bridgehead atoms. The number of carbonyl (C=O) groups is 2. The van der Waals surface area contributed by atoms with E-state index in [1.54, 1.807) is 12.1 Å². The maximum absolute atomic E-state index is 12.4. The lowest BCUT2D eigenvalue weighted by Crippen LogP contribution is -2.44. The van der Waals surface area contributed by atoms with Crippen molar-refractivity contribution >= 4 is 29.1 Å². The summed E-state index contributed by atoms with van der Waals surface area (Å²) in [5.41, 5.74) is 1.74. The molecule has 0 saturated carbocycles. The minimum absolute atomic E-state index is 0.0363. The number of aromatic nitrogens is 1. The van der Waals surface area contributed by atoms with Crippen LogP contribution in [0.4, 0.5) is 17.3 Å². The van der Waals surface area contributed by atoms with Crippen LogP contribution < -0.4 is 15.0 Å². The summed E-state index contributed by atoms with van der Waals surface area (Å²) >= 11 is 0. The molecule has 1 aliphatic rings. The third-order valence-electron chi connectivity index (χ3n) is 4.08. The van der Waals surface area contributed by atoms with Gasteiger partial charge < -0.3 is 20.2 Å². The first kappa shape index (κ1) is 18.3. The van der Waals surface area contributed by atoms with Gasteiger partial charge >= 0.3 is 5.82 Å².